The highest BCUT2D eigenvalue weighted by atomic mass is 35.5. The van der Waals surface area contributed by atoms with E-state index in [1.807, 2.05) is 0 Å². The first kappa shape index (κ1) is 15.4. The molecule has 0 atom stereocenters. The molecule has 1 heterocycles. The van der Waals surface area contributed by atoms with Crippen LogP contribution in [-0.2, 0) is 4.43 Å². The van der Waals surface area contributed by atoms with Crippen LogP contribution in [0.1, 0.15) is 20.8 Å². The molecule has 18 heavy (non-hydrogen) atoms. The third-order valence-corrected chi connectivity index (χ3v) is 7.94. The molecule has 1 aromatic rings. The zero-order valence-corrected chi connectivity index (χ0v) is 13.4. The Bertz CT molecular complexity index is 394. The Morgan fingerprint density at radius 2 is 1.94 bits per heavy atom. The first-order valence-corrected chi connectivity index (χ1v) is 9.26. The van der Waals surface area contributed by atoms with Crippen LogP contribution in [0, 0.1) is 0 Å². The zero-order valence-electron chi connectivity index (χ0n) is 11.7. The standard InChI is InChI=1S/C12H21ClN2O2Si/c1-12(2,3)18(4,5)17-7-6-16-10-8-11(13)15-14-9-10/h8-9H,6-7H2,1-5H3. The average molecular weight is 289 g/mol. The van der Waals surface area contributed by atoms with Gasteiger partial charge in [-0.3, -0.25) is 0 Å². The van der Waals surface area contributed by atoms with Gasteiger partial charge in [-0.1, -0.05) is 32.4 Å². The van der Waals surface area contributed by atoms with Crippen LogP contribution in [0.4, 0.5) is 0 Å². The number of aromatic nitrogens is 2. The van der Waals surface area contributed by atoms with Gasteiger partial charge in [0.2, 0.25) is 0 Å². The van der Waals surface area contributed by atoms with Crippen molar-refractivity contribution in [2.75, 3.05) is 13.2 Å². The van der Waals surface area contributed by atoms with E-state index in [9.17, 15) is 0 Å². The van der Waals surface area contributed by atoms with Crippen molar-refractivity contribution in [1.82, 2.24) is 10.2 Å². The van der Waals surface area contributed by atoms with Gasteiger partial charge >= 0.3 is 0 Å². The van der Waals surface area contributed by atoms with Crippen LogP contribution in [0.5, 0.6) is 5.75 Å². The molecule has 0 unspecified atom stereocenters. The molecule has 0 saturated heterocycles. The molecule has 6 heteroatoms. The minimum Gasteiger partial charge on any atom is -0.489 e. The summed E-state index contributed by atoms with van der Waals surface area (Å²) in [6.45, 7) is 12.2. The summed E-state index contributed by atoms with van der Waals surface area (Å²) in [5.41, 5.74) is 0. The van der Waals surface area contributed by atoms with Gasteiger partial charge in [0.15, 0.2) is 13.5 Å². The topological polar surface area (TPSA) is 44.2 Å². The lowest BCUT2D eigenvalue weighted by molar-refractivity contribution is 0.203. The van der Waals surface area contributed by atoms with Crippen molar-refractivity contribution in [3.05, 3.63) is 17.4 Å². The second-order valence-electron chi connectivity index (χ2n) is 5.67. The average Bonchev–Trinajstić information content (AvgIpc) is 2.23. The van der Waals surface area contributed by atoms with Crippen molar-refractivity contribution < 1.29 is 9.16 Å². The molecule has 0 fully saturated rings. The van der Waals surface area contributed by atoms with Crippen molar-refractivity contribution in [3.63, 3.8) is 0 Å². The third kappa shape index (κ3) is 4.55. The Kier molecular flexibility index (Phi) is 5.13. The summed E-state index contributed by atoms with van der Waals surface area (Å²) < 4.78 is 11.5. The van der Waals surface area contributed by atoms with E-state index in [1.165, 1.54) is 6.20 Å². The van der Waals surface area contributed by atoms with Gasteiger partial charge in [-0.15, -0.1) is 5.10 Å². The van der Waals surface area contributed by atoms with Crippen molar-refractivity contribution in [3.8, 4) is 5.75 Å². The summed E-state index contributed by atoms with van der Waals surface area (Å²) in [4.78, 5) is 0. The molecule has 0 aliphatic heterocycles. The van der Waals surface area contributed by atoms with Crippen LogP contribution in [0.3, 0.4) is 0 Å². The Labute approximate surface area is 115 Å². The van der Waals surface area contributed by atoms with Gasteiger partial charge in [0.1, 0.15) is 12.4 Å². The molecular weight excluding hydrogens is 268 g/mol. The molecule has 0 aliphatic rings. The summed E-state index contributed by atoms with van der Waals surface area (Å²) in [5.74, 6) is 0.619. The molecule has 4 nitrogen and oxygen atoms in total. The fraction of sp³-hybridized carbons (Fsp3) is 0.667. The maximum Gasteiger partial charge on any atom is 0.192 e. The quantitative estimate of drug-likeness (QED) is 0.614. The molecule has 0 aromatic carbocycles. The smallest absolute Gasteiger partial charge is 0.192 e. The van der Waals surface area contributed by atoms with Crippen LogP contribution in [0.25, 0.3) is 0 Å². The van der Waals surface area contributed by atoms with Crippen molar-refractivity contribution in [2.45, 2.75) is 38.9 Å². The summed E-state index contributed by atoms with van der Waals surface area (Å²) in [5, 5.41) is 7.91. The van der Waals surface area contributed by atoms with Crippen LogP contribution >= 0.6 is 11.6 Å². The van der Waals surface area contributed by atoms with Gasteiger partial charge in [-0.2, -0.15) is 5.10 Å². The molecule has 0 N–H and O–H groups in total. The lowest BCUT2D eigenvalue weighted by Crippen LogP contribution is -2.41. The van der Waals surface area contributed by atoms with Crippen molar-refractivity contribution in [2.24, 2.45) is 0 Å². The Morgan fingerprint density at radius 1 is 1.28 bits per heavy atom. The van der Waals surface area contributed by atoms with E-state index < -0.39 is 8.32 Å². The van der Waals surface area contributed by atoms with Gasteiger partial charge in [-0.25, -0.2) is 0 Å². The van der Waals surface area contributed by atoms with Gasteiger partial charge in [0, 0.05) is 6.07 Å². The zero-order chi connectivity index (χ0) is 13.8. The molecule has 1 aromatic heterocycles. The number of hydrogen-bond donors (Lipinski definition) is 0. The molecule has 0 aliphatic carbocycles. The molecular formula is C12H21ClN2O2Si. The number of rotatable bonds is 5. The summed E-state index contributed by atoms with van der Waals surface area (Å²) in [6, 6.07) is 1.64. The fourth-order valence-electron chi connectivity index (χ4n) is 1.08. The van der Waals surface area contributed by atoms with E-state index in [0.29, 0.717) is 24.1 Å². The number of nitrogens with zero attached hydrogens (tertiary/aromatic N) is 2. The Morgan fingerprint density at radius 3 is 2.50 bits per heavy atom. The molecule has 0 radical (unpaired) electrons. The van der Waals surface area contributed by atoms with E-state index >= 15 is 0 Å². The number of hydrogen-bond acceptors (Lipinski definition) is 4. The second-order valence-corrected chi connectivity index (χ2v) is 10.9. The van der Waals surface area contributed by atoms with Crippen LogP contribution < -0.4 is 4.74 Å². The molecule has 0 spiro atoms. The number of ether oxygens (including phenoxy) is 1. The lowest BCUT2D eigenvalue weighted by atomic mass is 10.2. The normalized spacial score (nSPS) is 12.6. The summed E-state index contributed by atoms with van der Waals surface area (Å²) >= 11 is 5.71. The fourth-order valence-corrected chi connectivity index (χ4v) is 2.25. The highest BCUT2D eigenvalue weighted by Gasteiger charge is 2.36. The largest absolute Gasteiger partial charge is 0.489 e. The predicted octanol–water partition coefficient (Wildman–Crippen LogP) is 3.53. The van der Waals surface area contributed by atoms with Gasteiger partial charge in [0.25, 0.3) is 0 Å². The second kappa shape index (κ2) is 5.99. The van der Waals surface area contributed by atoms with Gasteiger partial charge < -0.3 is 9.16 Å². The van der Waals surface area contributed by atoms with Crippen molar-refractivity contribution >= 4 is 19.9 Å². The summed E-state index contributed by atoms with van der Waals surface area (Å²) in [6.07, 6.45) is 1.54. The van der Waals surface area contributed by atoms with Crippen LogP contribution in [0.2, 0.25) is 23.3 Å². The molecule has 1 rings (SSSR count). The van der Waals surface area contributed by atoms with E-state index in [4.69, 9.17) is 20.8 Å². The molecule has 0 saturated carbocycles. The first-order valence-electron chi connectivity index (χ1n) is 5.97. The minimum absolute atomic E-state index is 0.217. The number of halogens is 1. The lowest BCUT2D eigenvalue weighted by Gasteiger charge is -2.36. The van der Waals surface area contributed by atoms with E-state index in [-0.39, 0.29) is 5.04 Å². The van der Waals surface area contributed by atoms with E-state index in [2.05, 4.69) is 44.1 Å². The van der Waals surface area contributed by atoms with Gasteiger partial charge in [-0.05, 0) is 18.1 Å². The molecule has 0 bridgehead atoms. The minimum atomic E-state index is -1.69. The Hall–Kier alpha value is -0.653. The van der Waals surface area contributed by atoms with Gasteiger partial charge in [0.05, 0.1) is 12.8 Å². The predicted molar refractivity (Wildman–Crippen MR) is 75.7 cm³/mol. The molecule has 0 amide bonds. The van der Waals surface area contributed by atoms with Crippen molar-refractivity contribution in [1.29, 1.82) is 0 Å². The van der Waals surface area contributed by atoms with Crippen LogP contribution in [-0.4, -0.2) is 31.7 Å². The third-order valence-electron chi connectivity index (χ3n) is 3.22. The maximum absolute atomic E-state index is 5.99. The summed E-state index contributed by atoms with van der Waals surface area (Å²) in [7, 11) is -1.69. The monoisotopic (exact) mass is 288 g/mol. The highest BCUT2D eigenvalue weighted by molar-refractivity contribution is 6.74. The maximum atomic E-state index is 5.99. The van der Waals surface area contributed by atoms with E-state index in [1.54, 1.807) is 6.07 Å². The Balaban J connectivity index is 2.35. The molecule has 102 valence electrons. The first-order chi connectivity index (χ1) is 8.22. The highest BCUT2D eigenvalue weighted by Crippen LogP contribution is 2.36. The SMILES string of the molecule is CC(C)(C)[Si](C)(C)OCCOc1cnnc(Cl)c1. The van der Waals surface area contributed by atoms with Crippen LogP contribution in [0.15, 0.2) is 12.3 Å². The van der Waals surface area contributed by atoms with E-state index in [0.717, 1.165) is 0 Å².